The van der Waals surface area contributed by atoms with Gasteiger partial charge in [-0.05, 0) is 17.7 Å². The highest BCUT2D eigenvalue weighted by atomic mass is 19.1. The minimum atomic E-state index is -1.11. The van der Waals surface area contributed by atoms with Gasteiger partial charge in [0.05, 0.1) is 12.6 Å². The molecule has 0 aliphatic heterocycles. The lowest BCUT2D eigenvalue weighted by molar-refractivity contribution is 0.0691. The maximum atomic E-state index is 13.1. The van der Waals surface area contributed by atoms with Crippen LogP contribution < -0.4 is 5.32 Å². The van der Waals surface area contributed by atoms with Crippen molar-refractivity contribution >= 4 is 17.4 Å². The molecule has 0 fully saturated rings. The van der Waals surface area contributed by atoms with Crippen molar-refractivity contribution in [2.45, 2.75) is 6.04 Å². The molecule has 0 spiro atoms. The molecule has 1 unspecified atom stereocenters. The number of benzene rings is 1. The Labute approximate surface area is 136 Å². The summed E-state index contributed by atoms with van der Waals surface area (Å²) in [6.07, 6.45) is 4.56. The van der Waals surface area contributed by atoms with E-state index in [1.54, 1.807) is 29.8 Å². The van der Waals surface area contributed by atoms with Gasteiger partial charge in [0.2, 0.25) is 0 Å². The first-order chi connectivity index (χ1) is 11.6. The van der Waals surface area contributed by atoms with E-state index in [0.29, 0.717) is 18.1 Å². The van der Waals surface area contributed by atoms with Crippen LogP contribution in [0.1, 0.15) is 22.1 Å². The van der Waals surface area contributed by atoms with E-state index in [2.05, 4.69) is 15.3 Å². The predicted molar refractivity (Wildman–Crippen MR) is 84.6 cm³/mol. The van der Waals surface area contributed by atoms with E-state index in [-0.39, 0.29) is 17.6 Å². The largest absolute Gasteiger partial charge is 0.476 e. The number of hydrogen-bond acceptors (Lipinski definition) is 5. The topological polar surface area (TPSA) is 88.8 Å². The molecule has 0 radical (unpaired) electrons. The highest BCUT2D eigenvalue weighted by Gasteiger charge is 2.17. The minimum absolute atomic E-state index is 0.0730. The highest BCUT2D eigenvalue weighted by molar-refractivity contribution is 5.86. The first kappa shape index (κ1) is 15.9. The van der Waals surface area contributed by atoms with Crippen molar-refractivity contribution in [1.29, 1.82) is 0 Å². The summed E-state index contributed by atoms with van der Waals surface area (Å²) in [6.45, 7) is 0.320. The SMILES string of the molecule is COCC(Nc1nccn2cc(C(=O)O)nc12)c1ccc(F)cc1. The number of imidazole rings is 1. The number of rotatable bonds is 6. The highest BCUT2D eigenvalue weighted by Crippen LogP contribution is 2.22. The van der Waals surface area contributed by atoms with Crippen LogP contribution >= 0.6 is 0 Å². The van der Waals surface area contributed by atoms with Gasteiger partial charge in [0.25, 0.3) is 0 Å². The van der Waals surface area contributed by atoms with Gasteiger partial charge in [-0.1, -0.05) is 12.1 Å². The van der Waals surface area contributed by atoms with Gasteiger partial charge in [-0.2, -0.15) is 0 Å². The monoisotopic (exact) mass is 330 g/mol. The summed E-state index contributed by atoms with van der Waals surface area (Å²) >= 11 is 0. The zero-order chi connectivity index (χ0) is 17.1. The van der Waals surface area contributed by atoms with Crippen LogP contribution in [0.25, 0.3) is 5.65 Å². The number of ether oxygens (including phenoxy) is 1. The molecule has 1 atom stereocenters. The molecule has 1 aromatic carbocycles. The number of nitrogens with one attached hydrogen (secondary N) is 1. The zero-order valence-electron chi connectivity index (χ0n) is 12.8. The molecule has 7 nitrogen and oxygen atoms in total. The Bertz CT molecular complexity index is 863. The Morgan fingerprint density at radius 3 is 2.83 bits per heavy atom. The van der Waals surface area contributed by atoms with Crippen molar-refractivity contribution < 1.29 is 19.0 Å². The Kier molecular flexibility index (Phi) is 4.39. The van der Waals surface area contributed by atoms with Gasteiger partial charge in [-0.15, -0.1) is 0 Å². The molecule has 124 valence electrons. The van der Waals surface area contributed by atoms with E-state index in [1.165, 1.54) is 24.5 Å². The first-order valence-electron chi connectivity index (χ1n) is 7.16. The average Bonchev–Trinajstić information content (AvgIpc) is 3.01. The summed E-state index contributed by atoms with van der Waals surface area (Å²) < 4.78 is 19.9. The van der Waals surface area contributed by atoms with Crippen molar-refractivity contribution in [3.8, 4) is 0 Å². The number of halogens is 1. The van der Waals surface area contributed by atoms with Crippen molar-refractivity contribution in [3.05, 3.63) is 59.9 Å². The summed E-state index contributed by atoms with van der Waals surface area (Å²) in [4.78, 5) is 19.4. The number of fused-ring (bicyclic) bond motifs is 1. The van der Waals surface area contributed by atoms with Crippen LogP contribution in [0.2, 0.25) is 0 Å². The molecule has 2 N–H and O–H groups in total. The second-order valence-corrected chi connectivity index (χ2v) is 5.14. The van der Waals surface area contributed by atoms with Crippen LogP contribution in [0, 0.1) is 5.82 Å². The maximum Gasteiger partial charge on any atom is 0.356 e. The van der Waals surface area contributed by atoms with Crippen LogP contribution in [-0.4, -0.2) is 39.2 Å². The molecule has 0 saturated heterocycles. The predicted octanol–water partition coefficient (Wildman–Crippen LogP) is 2.37. The van der Waals surface area contributed by atoms with Crippen LogP contribution in [0.3, 0.4) is 0 Å². The zero-order valence-corrected chi connectivity index (χ0v) is 12.8. The third kappa shape index (κ3) is 3.18. The second-order valence-electron chi connectivity index (χ2n) is 5.14. The lowest BCUT2D eigenvalue weighted by Gasteiger charge is -2.19. The van der Waals surface area contributed by atoms with Gasteiger partial charge in [-0.25, -0.2) is 19.2 Å². The minimum Gasteiger partial charge on any atom is -0.476 e. The quantitative estimate of drug-likeness (QED) is 0.721. The maximum absolute atomic E-state index is 13.1. The Morgan fingerprint density at radius 2 is 2.17 bits per heavy atom. The number of methoxy groups -OCH3 is 1. The van der Waals surface area contributed by atoms with E-state index in [1.807, 2.05) is 0 Å². The van der Waals surface area contributed by atoms with Gasteiger partial charge in [-0.3, -0.25) is 0 Å². The molecule has 0 aliphatic carbocycles. The van der Waals surface area contributed by atoms with Crippen LogP contribution in [0.4, 0.5) is 10.2 Å². The summed E-state index contributed by atoms with van der Waals surface area (Å²) in [6, 6.07) is 5.75. The van der Waals surface area contributed by atoms with E-state index in [4.69, 9.17) is 9.84 Å². The molecule has 3 rings (SSSR count). The molecule has 2 heterocycles. The molecule has 8 heteroatoms. The molecule has 24 heavy (non-hydrogen) atoms. The number of nitrogens with zero attached hydrogens (tertiary/aromatic N) is 3. The fourth-order valence-electron chi connectivity index (χ4n) is 2.37. The van der Waals surface area contributed by atoms with Gasteiger partial charge in [0.15, 0.2) is 17.2 Å². The van der Waals surface area contributed by atoms with E-state index >= 15 is 0 Å². The Morgan fingerprint density at radius 1 is 1.42 bits per heavy atom. The number of hydrogen-bond donors (Lipinski definition) is 2. The summed E-state index contributed by atoms with van der Waals surface area (Å²) in [5.41, 5.74) is 1.13. The van der Waals surface area contributed by atoms with E-state index < -0.39 is 5.97 Å². The first-order valence-corrected chi connectivity index (χ1v) is 7.16. The number of carboxylic acids is 1. The number of anilines is 1. The van der Waals surface area contributed by atoms with Crippen molar-refractivity contribution in [2.75, 3.05) is 19.0 Å². The number of aromatic nitrogens is 3. The fraction of sp³-hybridized carbons (Fsp3) is 0.188. The molecule has 3 aromatic rings. The lowest BCUT2D eigenvalue weighted by atomic mass is 10.1. The molecular weight excluding hydrogens is 315 g/mol. The van der Waals surface area contributed by atoms with Crippen molar-refractivity contribution in [1.82, 2.24) is 14.4 Å². The average molecular weight is 330 g/mol. The lowest BCUT2D eigenvalue weighted by Crippen LogP contribution is -2.17. The summed E-state index contributed by atoms with van der Waals surface area (Å²) in [5, 5.41) is 12.3. The summed E-state index contributed by atoms with van der Waals surface area (Å²) in [7, 11) is 1.56. The molecule has 2 aromatic heterocycles. The number of aromatic carboxylic acids is 1. The third-order valence-electron chi connectivity index (χ3n) is 3.51. The van der Waals surface area contributed by atoms with Crippen LogP contribution in [-0.2, 0) is 4.74 Å². The molecule has 0 bridgehead atoms. The molecule has 0 amide bonds. The Balaban J connectivity index is 1.96. The Hall–Kier alpha value is -3.00. The van der Waals surface area contributed by atoms with Gasteiger partial charge < -0.3 is 19.6 Å². The fourth-order valence-corrected chi connectivity index (χ4v) is 2.37. The third-order valence-corrected chi connectivity index (χ3v) is 3.51. The van der Waals surface area contributed by atoms with E-state index in [0.717, 1.165) is 5.56 Å². The van der Waals surface area contributed by atoms with Crippen molar-refractivity contribution in [2.24, 2.45) is 0 Å². The summed E-state index contributed by atoms with van der Waals surface area (Å²) in [5.74, 6) is -1.03. The standard InChI is InChI=1S/C16H15FN4O3/c1-24-9-13(10-2-4-11(17)5-3-10)19-14-15-20-12(16(22)23)8-21(15)7-6-18-14/h2-8,13H,9H2,1H3,(H,18,19)(H,22,23). The molecule has 0 aliphatic rings. The molecule has 0 saturated carbocycles. The van der Waals surface area contributed by atoms with Gasteiger partial charge in [0.1, 0.15) is 5.82 Å². The normalized spacial score (nSPS) is 12.2. The van der Waals surface area contributed by atoms with Crippen molar-refractivity contribution in [3.63, 3.8) is 0 Å². The number of carboxylic acid groups (broad SMARTS) is 1. The smallest absolute Gasteiger partial charge is 0.356 e. The molecular formula is C16H15FN4O3. The van der Waals surface area contributed by atoms with Gasteiger partial charge in [0, 0.05) is 25.7 Å². The number of carbonyl (C=O) groups is 1. The second kappa shape index (κ2) is 6.63. The van der Waals surface area contributed by atoms with E-state index in [9.17, 15) is 9.18 Å². The van der Waals surface area contributed by atoms with Crippen LogP contribution in [0.5, 0.6) is 0 Å². The van der Waals surface area contributed by atoms with Crippen LogP contribution in [0.15, 0.2) is 42.9 Å². The van der Waals surface area contributed by atoms with Gasteiger partial charge >= 0.3 is 5.97 Å².